The minimum Gasteiger partial charge on any atom is -0.458 e. The third kappa shape index (κ3) is 7.52. The SMILES string of the molecule is CC(c1oc2ccc(C(F)(F)F)cc2c1Cl)N1CCN(C(=O)COC2CCC(Nc3ccc([N+](=O)[O-])c(C(F)(F)F)c3)CC2)CC1. The lowest BCUT2D eigenvalue weighted by Crippen LogP contribution is -2.50. The van der Waals surface area contributed by atoms with E-state index in [0.29, 0.717) is 57.6 Å². The quantitative estimate of drug-likeness (QED) is 0.148. The van der Waals surface area contributed by atoms with Crippen molar-refractivity contribution in [2.24, 2.45) is 0 Å². The molecule has 0 spiro atoms. The second-order valence-corrected chi connectivity index (χ2v) is 11.9. The zero-order chi connectivity index (χ0) is 33.4. The Morgan fingerprint density at radius 1 is 1.04 bits per heavy atom. The first-order chi connectivity index (χ1) is 21.6. The lowest BCUT2D eigenvalue weighted by Gasteiger charge is -2.37. The van der Waals surface area contributed by atoms with Crippen LogP contribution in [0.4, 0.5) is 37.7 Å². The number of nitro benzene ring substituents is 1. The molecule has 2 fully saturated rings. The summed E-state index contributed by atoms with van der Waals surface area (Å²) in [6, 6.07) is 5.54. The van der Waals surface area contributed by atoms with Gasteiger partial charge in [0.2, 0.25) is 5.91 Å². The largest absolute Gasteiger partial charge is 0.458 e. The summed E-state index contributed by atoms with van der Waals surface area (Å²) in [5.41, 5.74) is -2.72. The van der Waals surface area contributed by atoms with E-state index in [4.69, 9.17) is 20.8 Å². The highest BCUT2D eigenvalue weighted by Gasteiger charge is 2.39. The third-order valence-corrected chi connectivity index (χ3v) is 8.95. The number of hydrogen-bond acceptors (Lipinski definition) is 7. The van der Waals surface area contributed by atoms with Crippen molar-refractivity contribution in [3.05, 3.63) is 68.4 Å². The molecule has 2 aromatic carbocycles. The monoisotopic (exact) mass is 676 g/mol. The Labute approximate surface area is 264 Å². The Morgan fingerprint density at radius 2 is 1.72 bits per heavy atom. The van der Waals surface area contributed by atoms with Crippen LogP contribution in [0.3, 0.4) is 0 Å². The van der Waals surface area contributed by atoms with Crippen molar-refractivity contribution in [2.75, 3.05) is 38.1 Å². The topological polar surface area (TPSA) is 101 Å². The van der Waals surface area contributed by atoms with Gasteiger partial charge in [-0.1, -0.05) is 11.6 Å². The van der Waals surface area contributed by atoms with E-state index in [0.717, 1.165) is 24.3 Å². The fraction of sp³-hybridized carbons (Fsp3) is 0.500. The molecule has 1 aromatic heterocycles. The van der Waals surface area contributed by atoms with Crippen LogP contribution < -0.4 is 5.32 Å². The molecule has 250 valence electrons. The maximum Gasteiger partial charge on any atom is 0.423 e. The van der Waals surface area contributed by atoms with E-state index in [9.17, 15) is 41.3 Å². The molecule has 9 nitrogen and oxygen atoms in total. The maximum atomic E-state index is 13.3. The van der Waals surface area contributed by atoms with Gasteiger partial charge in [0.15, 0.2) is 0 Å². The molecule has 1 aliphatic carbocycles. The number of fused-ring (bicyclic) bond motifs is 1. The van der Waals surface area contributed by atoms with Crippen molar-refractivity contribution in [1.82, 2.24) is 9.80 Å². The summed E-state index contributed by atoms with van der Waals surface area (Å²) in [7, 11) is 0. The van der Waals surface area contributed by atoms with E-state index in [1.807, 2.05) is 11.8 Å². The fourth-order valence-corrected chi connectivity index (χ4v) is 6.30. The van der Waals surface area contributed by atoms with Crippen LogP contribution >= 0.6 is 11.6 Å². The summed E-state index contributed by atoms with van der Waals surface area (Å²) in [6.45, 7) is 3.53. The van der Waals surface area contributed by atoms with Crippen LogP contribution in [0.25, 0.3) is 11.0 Å². The summed E-state index contributed by atoms with van der Waals surface area (Å²) in [6.07, 6.45) is -7.24. The number of anilines is 1. The van der Waals surface area contributed by atoms with E-state index in [1.165, 1.54) is 12.1 Å². The van der Waals surface area contributed by atoms with Crippen molar-refractivity contribution in [1.29, 1.82) is 0 Å². The molecule has 1 aliphatic heterocycles. The van der Waals surface area contributed by atoms with Crippen molar-refractivity contribution >= 4 is 39.9 Å². The number of nitrogens with zero attached hydrogens (tertiary/aromatic N) is 3. The second-order valence-electron chi connectivity index (χ2n) is 11.5. The third-order valence-electron chi connectivity index (χ3n) is 8.56. The highest BCUT2D eigenvalue weighted by molar-refractivity contribution is 6.36. The van der Waals surface area contributed by atoms with Crippen molar-refractivity contribution in [3.63, 3.8) is 0 Å². The normalized spacial score (nSPS) is 20.6. The molecule has 46 heavy (non-hydrogen) atoms. The molecule has 2 aliphatic rings. The number of halogens is 7. The van der Waals surface area contributed by atoms with Gasteiger partial charge in [-0.05, 0) is 62.9 Å². The van der Waals surface area contributed by atoms with Crippen LogP contribution in [0, 0.1) is 10.1 Å². The number of carbonyl (C=O) groups is 1. The number of alkyl halides is 6. The Balaban J connectivity index is 1.07. The number of amides is 1. The smallest absolute Gasteiger partial charge is 0.423 e. The van der Waals surface area contributed by atoms with Crippen LogP contribution in [0.2, 0.25) is 5.02 Å². The number of nitro groups is 1. The van der Waals surface area contributed by atoms with Crippen molar-refractivity contribution in [3.8, 4) is 0 Å². The minimum absolute atomic E-state index is 0.119. The average Bonchev–Trinajstić information content (AvgIpc) is 3.34. The standard InChI is InChI=1S/C30H31ClF6N4O5/c1-17(28-27(31)22-14-18(29(32,33)34)2-9-25(22)46-28)39-10-12-40(13-11-39)26(42)16-45-21-6-3-19(4-7-21)38-20-5-8-24(41(43)44)23(15-20)30(35,36)37/h2,5,8-9,14-15,17,19,21,38H,3-4,6-7,10-13,16H2,1H3. The number of hydrogen-bond donors (Lipinski definition) is 1. The number of carbonyl (C=O) groups excluding carboxylic acids is 1. The van der Waals surface area contributed by atoms with Gasteiger partial charge in [0.05, 0.1) is 27.7 Å². The molecule has 1 amide bonds. The van der Waals surface area contributed by atoms with Gasteiger partial charge in [-0.2, -0.15) is 26.3 Å². The highest BCUT2D eigenvalue weighted by atomic mass is 35.5. The predicted molar refractivity (Wildman–Crippen MR) is 157 cm³/mol. The number of nitrogens with one attached hydrogen (secondary N) is 1. The highest BCUT2D eigenvalue weighted by Crippen LogP contribution is 2.40. The molecule has 3 aromatic rings. The molecule has 0 radical (unpaired) electrons. The zero-order valence-electron chi connectivity index (χ0n) is 24.6. The van der Waals surface area contributed by atoms with Crippen molar-refractivity contribution < 1.29 is 45.2 Å². The van der Waals surface area contributed by atoms with Gasteiger partial charge in [0, 0.05) is 49.4 Å². The van der Waals surface area contributed by atoms with Crippen LogP contribution in [0.5, 0.6) is 0 Å². The number of ether oxygens (including phenoxy) is 1. The lowest BCUT2D eigenvalue weighted by molar-refractivity contribution is -0.388. The van der Waals surface area contributed by atoms with Gasteiger partial charge in [-0.15, -0.1) is 0 Å². The van der Waals surface area contributed by atoms with Gasteiger partial charge in [-0.25, -0.2) is 0 Å². The molecule has 1 saturated carbocycles. The zero-order valence-corrected chi connectivity index (χ0v) is 25.3. The van der Waals surface area contributed by atoms with Gasteiger partial charge < -0.3 is 19.4 Å². The number of piperazine rings is 1. The first kappa shape index (κ1) is 33.8. The molecule has 1 N–H and O–H groups in total. The van der Waals surface area contributed by atoms with Crippen LogP contribution in [0.1, 0.15) is 55.5 Å². The molecule has 1 atom stereocenters. The van der Waals surface area contributed by atoms with E-state index in [1.54, 1.807) is 4.90 Å². The summed E-state index contributed by atoms with van der Waals surface area (Å²) >= 11 is 6.44. The lowest BCUT2D eigenvalue weighted by atomic mass is 9.92. The molecular weight excluding hydrogens is 646 g/mol. The number of rotatable bonds is 8. The van der Waals surface area contributed by atoms with E-state index in [2.05, 4.69) is 5.32 Å². The second kappa shape index (κ2) is 13.3. The maximum absolute atomic E-state index is 13.3. The molecule has 2 heterocycles. The fourth-order valence-electron chi connectivity index (χ4n) is 5.96. The molecule has 1 saturated heterocycles. The number of furan rings is 1. The molecule has 0 bridgehead atoms. The van der Waals surface area contributed by atoms with Gasteiger partial charge in [0.25, 0.3) is 5.69 Å². The van der Waals surface area contributed by atoms with Crippen LogP contribution in [-0.2, 0) is 21.9 Å². The number of benzene rings is 2. The molecule has 16 heteroatoms. The Hall–Kier alpha value is -3.56. The van der Waals surface area contributed by atoms with Crippen molar-refractivity contribution in [2.45, 2.75) is 63.1 Å². The summed E-state index contributed by atoms with van der Waals surface area (Å²) in [5, 5.41) is 14.3. The van der Waals surface area contributed by atoms with Crippen LogP contribution in [-0.4, -0.2) is 65.6 Å². The first-order valence-electron chi connectivity index (χ1n) is 14.7. The van der Waals surface area contributed by atoms with Gasteiger partial charge in [-0.3, -0.25) is 19.8 Å². The first-order valence-corrected chi connectivity index (χ1v) is 15.0. The van der Waals surface area contributed by atoms with E-state index < -0.39 is 34.1 Å². The molecular formula is C30H31ClF6N4O5. The summed E-state index contributed by atoms with van der Waals surface area (Å²) in [5.74, 6) is 0.179. The summed E-state index contributed by atoms with van der Waals surface area (Å²) in [4.78, 5) is 26.5. The van der Waals surface area contributed by atoms with E-state index in [-0.39, 0.29) is 52.4 Å². The Kier molecular flexibility index (Phi) is 9.76. The van der Waals surface area contributed by atoms with E-state index >= 15 is 0 Å². The Morgan fingerprint density at radius 3 is 2.33 bits per heavy atom. The van der Waals surface area contributed by atoms with Gasteiger partial charge >= 0.3 is 12.4 Å². The molecule has 5 rings (SSSR count). The summed E-state index contributed by atoms with van der Waals surface area (Å²) < 4.78 is 91.0. The van der Waals surface area contributed by atoms with Gasteiger partial charge in [0.1, 0.15) is 23.5 Å². The van der Waals surface area contributed by atoms with Crippen LogP contribution in [0.15, 0.2) is 40.8 Å². The minimum atomic E-state index is -4.86. The molecule has 1 unspecified atom stereocenters. The average molecular weight is 677 g/mol. The predicted octanol–water partition coefficient (Wildman–Crippen LogP) is 7.68. The Bertz CT molecular complexity index is 1580.